The van der Waals surface area contributed by atoms with E-state index in [1.165, 1.54) is 17.7 Å². The van der Waals surface area contributed by atoms with Crippen molar-refractivity contribution in [3.63, 3.8) is 0 Å². The van der Waals surface area contributed by atoms with Crippen LogP contribution < -0.4 is 0 Å². The molecule has 0 saturated carbocycles. The van der Waals surface area contributed by atoms with Crippen LogP contribution in [0, 0.1) is 0 Å². The SMILES string of the molecule is O=C(O)C1=C\c2ncnc3scc(c23)\C=C/C=C\C=C/C=C\C=C/C=C\C=C/1. The highest BCUT2D eigenvalue weighted by molar-refractivity contribution is 7.17. The van der Waals surface area contributed by atoms with Crippen LogP contribution in [0.3, 0.4) is 0 Å². The molecule has 1 N–H and O–H groups in total. The van der Waals surface area contributed by atoms with Gasteiger partial charge >= 0.3 is 5.97 Å². The van der Waals surface area contributed by atoms with Crippen LogP contribution in [0.15, 0.2) is 96.3 Å². The Kier molecular flexibility index (Phi) is 6.82. The fourth-order valence-corrected chi connectivity index (χ4v) is 3.32. The highest BCUT2D eigenvalue weighted by Crippen LogP contribution is 2.28. The third-order valence-electron chi connectivity index (χ3n) is 3.74. The van der Waals surface area contributed by atoms with E-state index in [1.54, 1.807) is 24.3 Å². The van der Waals surface area contributed by atoms with Gasteiger partial charge in [-0.15, -0.1) is 11.3 Å². The predicted molar refractivity (Wildman–Crippen MR) is 117 cm³/mol. The molecule has 2 aromatic rings. The second kappa shape index (κ2) is 9.94. The van der Waals surface area contributed by atoms with E-state index in [1.807, 2.05) is 72.2 Å². The van der Waals surface area contributed by atoms with Crippen LogP contribution >= 0.6 is 11.3 Å². The Morgan fingerprint density at radius 1 is 0.786 bits per heavy atom. The molecule has 3 rings (SSSR count). The number of carboxylic acids is 1. The number of aliphatic carboxylic acids is 1. The van der Waals surface area contributed by atoms with E-state index in [0.717, 1.165) is 15.8 Å². The van der Waals surface area contributed by atoms with Crippen molar-refractivity contribution in [3.05, 3.63) is 108 Å². The molecule has 1 aliphatic carbocycles. The largest absolute Gasteiger partial charge is 0.478 e. The summed E-state index contributed by atoms with van der Waals surface area (Å²) in [7, 11) is 0. The molecule has 138 valence electrons. The van der Waals surface area contributed by atoms with Crippen LogP contribution in [0.4, 0.5) is 0 Å². The first-order valence-corrected chi connectivity index (χ1v) is 9.49. The molecule has 0 atom stereocenters. The minimum absolute atomic E-state index is 0.150. The Hall–Kier alpha value is -3.57. The van der Waals surface area contributed by atoms with Crippen molar-refractivity contribution in [1.82, 2.24) is 9.97 Å². The molecule has 2 heterocycles. The van der Waals surface area contributed by atoms with E-state index in [-0.39, 0.29) is 5.57 Å². The molecule has 5 heteroatoms. The number of hydrogen-bond acceptors (Lipinski definition) is 4. The smallest absolute Gasteiger partial charge is 0.335 e. The molecule has 28 heavy (non-hydrogen) atoms. The molecule has 0 fully saturated rings. The van der Waals surface area contributed by atoms with Gasteiger partial charge in [0.25, 0.3) is 0 Å². The summed E-state index contributed by atoms with van der Waals surface area (Å²) in [6.45, 7) is 0. The predicted octanol–water partition coefficient (Wildman–Crippen LogP) is 5.52. The average molecular weight is 386 g/mol. The number of allylic oxidation sites excluding steroid dienone is 12. The summed E-state index contributed by atoms with van der Waals surface area (Å²) in [4.78, 5) is 21.1. The van der Waals surface area contributed by atoms with Crippen LogP contribution in [0.5, 0.6) is 0 Å². The Balaban J connectivity index is 2.10. The zero-order valence-corrected chi connectivity index (χ0v) is 15.8. The van der Waals surface area contributed by atoms with Gasteiger partial charge in [-0.1, -0.05) is 79.0 Å². The first-order valence-electron chi connectivity index (χ1n) is 8.61. The molecule has 0 radical (unpaired) electrons. The first-order chi connectivity index (χ1) is 13.8. The molecule has 0 unspecified atom stereocenters. The second-order valence-corrected chi connectivity index (χ2v) is 6.54. The van der Waals surface area contributed by atoms with Crippen molar-refractivity contribution >= 4 is 39.7 Å². The molecule has 1 aliphatic rings. The number of aromatic nitrogens is 2. The van der Waals surface area contributed by atoms with Crippen molar-refractivity contribution in [2.24, 2.45) is 0 Å². The second-order valence-electron chi connectivity index (χ2n) is 5.68. The van der Waals surface area contributed by atoms with Crippen molar-refractivity contribution in [2.45, 2.75) is 0 Å². The molecule has 4 nitrogen and oxygen atoms in total. The number of carbonyl (C=O) groups is 1. The van der Waals surface area contributed by atoms with E-state index in [9.17, 15) is 9.90 Å². The number of nitrogens with zero attached hydrogens (tertiary/aromatic N) is 2. The van der Waals surface area contributed by atoms with Gasteiger partial charge in [-0.3, -0.25) is 0 Å². The fourth-order valence-electron chi connectivity index (χ4n) is 2.44. The molecule has 0 aromatic carbocycles. The number of thiophene rings is 1. The first kappa shape index (κ1) is 19.2. The van der Waals surface area contributed by atoms with Gasteiger partial charge < -0.3 is 5.11 Å². The lowest BCUT2D eigenvalue weighted by molar-refractivity contribution is -0.132. The summed E-state index contributed by atoms with van der Waals surface area (Å²) in [5, 5.41) is 12.4. The molecule has 0 bridgehead atoms. The number of carboxylic acid groups (broad SMARTS) is 1. The van der Waals surface area contributed by atoms with Crippen molar-refractivity contribution in [2.75, 3.05) is 0 Å². The topological polar surface area (TPSA) is 63.1 Å². The minimum atomic E-state index is -1.01. The van der Waals surface area contributed by atoms with Crippen molar-refractivity contribution in [3.8, 4) is 0 Å². The monoisotopic (exact) mass is 386 g/mol. The zero-order chi connectivity index (χ0) is 19.6. The Bertz CT molecular complexity index is 1090. The average Bonchev–Trinajstić information content (AvgIpc) is 3.10. The van der Waals surface area contributed by atoms with Crippen molar-refractivity contribution < 1.29 is 9.90 Å². The highest BCUT2D eigenvalue weighted by Gasteiger charge is 2.11. The van der Waals surface area contributed by atoms with E-state index in [0.29, 0.717) is 5.69 Å². The third-order valence-corrected chi connectivity index (χ3v) is 4.65. The van der Waals surface area contributed by atoms with Crippen LogP contribution in [0.25, 0.3) is 22.4 Å². The highest BCUT2D eigenvalue weighted by atomic mass is 32.1. The summed E-state index contributed by atoms with van der Waals surface area (Å²) < 4.78 is 0. The quantitative estimate of drug-likeness (QED) is 0.700. The van der Waals surface area contributed by atoms with E-state index < -0.39 is 5.97 Å². The van der Waals surface area contributed by atoms with Gasteiger partial charge in [0, 0.05) is 10.8 Å². The van der Waals surface area contributed by atoms with Gasteiger partial charge in [-0.25, -0.2) is 14.8 Å². The zero-order valence-electron chi connectivity index (χ0n) is 15.0. The van der Waals surface area contributed by atoms with Crippen LogP contribution in [0.2, 0.25) is 0 Å². The summed E-state index contributed by atoms with van der Waals surface area (Å²) in [5.74, 6) is -1.01. The minimum Gasteiger partial charge on any atom is -0.478 e. The molecule has 0 saturated heterocycles. The van der Waals surface area contributed by atoms with Gasteiger partial charge in [0.05, 0.1) is 11.3 Å². The molecule has 0 spiro atoms. The van der Waals surface area contributed by atoms with Crippen molar-refractivity contribution in [1.29, 1.82) is 0 Å². The van der Waals surface area contributed by atoms with Gasteiger partial charge in [0.15, 0.2) is 0 Å². The standard InChI is InChI=1S/C23H18N2O2S/c26-23(27)18-13-11-9-7-5-3-1-2-4-6-8-10-12-14-19-16-28-22-21(19)20(15-18)24-17-25-22/h1-17H,(H,26,27)/b2-1-,5-3-,6-4-,9-7-,10-8-,13-11-,14-12-,18-15+. The van der Waals surface area contributed by atoms with Gasteiger partial charge in [-0.05, 0) is 17.7 Å². The van der Waals surface area contributed by atoms with Crippen LogP contribution in [0.1, 0.15) is 11.3 Å². The lowest BCUT2D eigenvalue weighted by Gasteiger charge is -2.00. The lowest BCUT2D eigenvalue weighted by Crippen LogP contribution is -1.98. The summed E-state index contributed by atoms with van der Waals surface area (Å²) in [6.07, 6.45) is 29.2. The van der Waals surface area contributed by atoms with E-state index >= 15 is 0 Å². The molecule has 0 amide bonds. The maximum atomic E-state index is 11.6. The van der Waals surface area contributed by atoms with Crippen LogP contribution in [-0.2, 0) is 4.79 Å². The Morgan fingerprint density at radius 3 is 1.96 bits per heavy atom. The van der Waals surface area contributed by atoms with Gasteiger partial charge in [-0.2, -0.15) is 0 Å². The van der Waals surface area contributed by atoms with E-state index in [2.05, 4.69) is 9.97 Å². The maximum absolute atomic E-state index is 11.6. The maximum Gasteiger partial charge on any atom is 0.335 e. The number of hydrogen-bond donors (Lipinski definition) is 1. The summed E-state index contributed by atoms with van der Waals surface area (Å²) in [6, 6.07) is 0. The Labute approximate surface area is 167 Å². The molecular weight excluding hydrogens is 368 g/mol. The Morgan fingerprint density at radius 2 is 1.36 bits per heavy atom. The lowest BCUT2D eigenvalue weighted by atomic mass is 10.1. The number of rotatable bonds is 1. The van der Waals surface area contributed by atoms with Crippen LogP contribution in [-0.4, -0.2) is 21.0 Å². The molecule has 0 aliphatic heterocycles. The van der Waals surface area contributed by atoms with Gasteiger partial charge in [0.1, 0.15) is 11.2 Å². The van der Waals surface area contributed by atoms with Gasteiger partial charge in [0.2, 0.25) is 0 Å². The normalized spacial score (nSPS) is 24.5. The molecular formula is C23H18N2O2S. The molecule has 2 aromatic heterocycles. The summed E-state index contributed by atoms with van der Waals surface area (Å²) in [5.41, 5.74) is 1.69. The van der Waals surface area contributed by atoms with E-state index in [4.69, 9.17) is 0 Å². The third kappa shape index (κ3) is 5.22. The summed E-state index contributed by atoms with van der Waals surface area (Å²) >= 11 is 1.50. The fraction of sp³-hybridized carbons (Fsp3) is 0.